The van der Waals surface area contributed by atoms with Crippen molar-refractivity contribution in [3.63, 3.8) is 0 Å². The minimum absolute atomic E-state index is 0.133. The molecule has 0 fully saturated rings. The van der Waals surface area contributed by atoms with Crippen molar-refractivity contribution in [1.29, 1.82) is 0 Å². The Hall–Kier alpha value is -0.870. The molecule has 0 saturated carbocycles. The van der Waals surface area contributed by atoms with E-state index in [9.17, 15) is 0 Å². The lowest BCUT2D eigenvalue weighted by Gasteiger charge is -2.20. The fraction of sp³-hybridized carbons (Fsp3) is 0.769. The van der Waals surface area contributed by atoms with Gasteiger partial charge in [0.2, 0.25) is 0 Å². The molecular formula is C13H25N3O. The molecule has 1 heterocycles. The normalized spacial score (nSPS) is 12.0. The summed E-state index contributed by atoms with van der Waals surface area (Å²) in [7, 11) is 0. The quantitative estimate of drug-likeness (QED) is 0.741. The molecule has 0 bridgehead atoms. The first-order valence-corrected chi connectivity index (χ1v) is 6.36. The second-order valence-electron chi connectivity index (χ2n) is 5.26. The van der Waals surface area contributed by atoms with Gasteiger partial charge in [-0.15, -0.1) is 0 Å². The first kappa shape index (κ1) is 14.2. The molecule has 98 valence electrons. The van der Waals surface area contributed by atoms with Crippen molar-refractivity contribution in [2.24, 2.45) is 0 Å². The predicted molar refractivity (Wildman–Crippen MR) is 69.9 cm³/mol. The smallest absolute Gasteiger partial charge is 0.0662 e. The van der Waals surface area contributed by atoms with Crippen molar-refractivity contribution in [1.82, 2.24) is 15.1 Å². The average Bonchev–Trinajstić information content (AvgIpc) is 2.68. The lowest BCUT2D eigenvalue weighted by Crippen LogP contribution is -2.35. The van der Waals surface area contributed by atoms with Gasteiger partial charge >= 0.3 is 0 Å². The zero-order valence-corrected chi connectivity index (χ0v) is 11.5. The van der Waals surface area contributed by atoms with Crippen LogP contribution >= 0.6 is 0 Å². The standard InChI is InChI=1S/C13H25N3O/c1-5-9-17-10-8-16-12(6-7-15-16)11-14-13(2,3)4/h6-7,14H,5,8-11H2,1-4H3. The summed E-state index contributed by atoms with van der Waals surface area (Å²) in [6, 6.07) is 2.05. The highest BCUT2D eigenvalue weighted by molar-refractivity contribution is 5.00. The first-order chi connectivity index (χ1) is 8.03. The molecule has 0 aromatic carbocycles. The summed E-state index contributed by atoms with van der Waals surface area (Å²) >= 11 is 0. The third kappa shape index (κ3) is 5.84. The molecule has 17 heavy (non-hydrogen) atoms. The number of hydrogen-bond acceptors (Lipinski definition) is 3. The van der Waals surface area contributed by atoms with Gasteiger partial charge in [-0.25, -0.2) is 0 Å². The molecule has 4 heteroatoms. The van der Waals surface area contributed by atoms with Crippen molar-refractivity contribution in [3.05, 3.63) is 18.0 Å². The molecule has 0 spiro atoms. The number of rotatable bonds is 7. The van der Waals surface area contributed by atoms with E-state index in [1.807, 2.05) is 10.9 Å². The van der Waals surface area contributed by atoms with Crippen molar-refractivity contribution in [3.8, 4) is 0 Å². The topological polar surface area (TPSA) is 39.1 Å². The molecule has 1 rings (SSSR count). The van der Waals surface area contributed by atoms with Crippen LogP contribution in [0.5, 0.6) is 0 Å². The Labute approximate surface area is 104 Å². The average molecular weight is 239 g/mol. The Morgan fingerprint density at radius 3 is 2.76 bits per heavy atom. The highest BCUT2D eigenvalue weighted by Gasteiger charge is 2.10. The van der Waals surface area contributed by atoms with Crippen LogP contribution in [0.4, 0.5) is 0 Å². The third-order valence-corrected chi connectivity index (χ3v) is 2.40. The minimum atomic E-state index is 0.133. The van der Waals surface area contributed by atoms with E-state index >= 15 is 0 Å². The summed E-state index contributed by atoms with van der Waals surface area (Å²) in [5.41, 5.74) is 1.34. The summed E-state index contributed by atoms with van der Waals surface area (Å²) in [4.78, 5) is 0. The summed E-state index contributed by atoms with van der Waals surface area (Å²) in [6.45, 7) is 11.8. The summed E-state index contributed by atoms with van der Waals surface area (Å²) in [5.74, 6) is 0. The molecular weight excluding hydrogens is 214 g/mol. The van der Waals surface area contributed by atoms with E-state index in [0.29, 0.717) is 0 Å². The summed E-state index contributed by atoms with van der Waals surface area (Å²) in [6.07, 6.45) is 2.91. The van der Waals surface area contributed by atoms with Crippen LogP contribution in [0.15, 0.2) is 12.3 Å². The predicted octanol–water partition coefficient (Wildman–Crippen LogP) is 2.20. The number of hydrogen-bond donors (Lipinski definition) is 1. The number of nitrogens with one attached hydrogen (secondary N) is 1. The van der Waals surface area contributed by atoms with Crippen molar-refractivity contribution < 1.29 is 4.74 Å². The van der Waals surface area contributed by atoms with Crippen molar-refractivity contribution in [2.75, 3.05) is 13.2 Å². The zero-order chi connectivity index (χ0) is 12.7. The van der Waals surface area contributed by atoms with Gasteiger partial charge in [0.05, 0.1) is 18.8 Å². The molecule has 0 radical (unpaired) electrons. The number of nitrogens with zero attached hydrogens (tertiary/aromatic N) is 2. The summed E-state index contributed by atoms with van der Waals surface area (Å²) in [5, 5.41) is 7.78. The maximum Gasteiger partial charge on any atom is 0.0662 e. The highest BCUT2D eigenvalue weighted by atomic mass is 16.5. The lowest BCUT2D eigenvalue weighted by atomic mass is 10.1. The first-order valence-electron chi connectivity index (χ1n) is 6.36. The molecule has 0 aliphatic carbocycles. The van der Waals surface area contributed by atoms with Gasteiger partial charge in [0.15, 0.2) is 0 Å². The zero-order valence-electron chi connectivity index (χ0n) is 11.5. The molecule has 1 aromatic heterocycles. The van der Waals surface area contributed by atoms with Gasteiger partial charge in [-0.05, 0) is 33.3 Å². The molecule has 0 amide bonds. The van der Waals surface area contributed by atoms with Gasteiger partial charge in [-0.3, -0.25) is 4.68 Å². The SMILES string of the molecule is CCCOCCn1nccc1CNC(C)(C)C. The largest absolute Gasteiger partial charge is 0.380 e. The second-order valence-corrected chi connectivity index (χ2v) is 5.26. The Morgan fingerprint density at radius 2 is 2.12 bits per heavy atom. The van der Waals surface area contributed by atoms with Gasteiger partial charge in [0.1, 0.15) is 0 Å². The van der Waals surface area contributed by atoms with E-state index in [-0.39, 0.29) is 5.54 Å². The second kappa shape index (κ2) is 6.77. The molecule has 1 N–H and O–H groups in total. The van der Waals surface area contributed by atoms with E-state index < -0.39 is 0 Å². The van der Waals surface area contributed by atoms with E-state index in [0.717, 1.165) is 32.7 Å². The van der Waals surface area contributed by atoms with E-state index in [4.69, 9.17) is 4.74 Å². The molecule has 0 unspecified atom stereocenters. The van der Waals surface area contributed by atoms with E-state index in [2.05, 4.69) is 44.2 Å². The van der Waals surface area contributed by atoms with Crippen LogP contribution in [0.3, 0.4) is 0 Å². The maximum absolute atomic E-state index is 5.48. The Balaban J connectivity index is 2.37. The van der Waals surface area contributed by atoms with Gasteiger partial charge in [0, 0.05) is 24.9 Å². The molecule has 0 atom stereocenters. The van der Waals surface area contributed by atoms with Gasteiger partial charge in [0.25, 0.3) is 0 Å². The molecule has 4 nitrogen and oxygen atoms in total. The minimum Gasteiger partial charge on any atom is -0.380 e. The lowest BCUT2D eigenvalue weighted by molar-refractivity contribution is 0.123. The summed E-state index contributed by atoms with van der Waals surface area (Å²) < 4.78 is 7.48. The van der Waals surface area contributed by atoms with Crippen LogP contribution in [0.2, 0.25) is 0 Å². The van der Waals surface area contributed by atoms with Gasteiger partial charge < -0.3 is 10.1 Å². The monoisotopic (exact) mass is 239 g/mol. The van der Waals surface area contributed by atoms with Crippen LogP contribution in [-0.4, -0.2) is 28.5 Å². The molecule has 0 aliphatic rings. The fourth-order valence-corrected chi connectivity index (χ4v) is 1.46. The molecule has 0 aliphatic heterocycles. The highest BCUT2D eigenvalue weighted by Crippen LogP contribution is 2.04. The van der Waals surface area contributed by atoms with Crippen LogP contribution in [0, 0.1) is 0 Å². The third-order valence-electron chi connectivity index (χ3n) is 2.40. The van der Waals surface area contributed by atoms with Crippen molar-refractivity contribution >= 4 is 0 Å². The Morgan fingerprint density at radius 1 is 1.35 bits per heavy atom. The number of aromatic nitrogens is 2. The van der Waals surface area contributed by atoms with Crippen molar-refractivity contribution in [2.45, 2.75) is 52.7 Å². The van der Waals surface area contributed by atoms with Crippen LogP contribution < -0.4 is 5.32 Å². The Bertz CT molecular complexity index is 315. The van der Waals surface area contributed by atoms with Crippen LogP contribution in [0.25, 0.3) is 0 Å². The van der Waals surface area contributed by atoms with Gasteiger partial charge in [-0.1, -0.05) is 6.92 Å². The fourth-order valence-electron chi connectivity index (χ4n) is 1.46. The maximum atomic E-state index is 5.48. The van der Waals surface area contributed by atoms with Crippen LogP contribution in [-0.2, 0) is 17.8 Å². The molecule has 0 saturated heterocycles. The number of ether oxygens (including phenoxy) is 1. The van der Waals surface area contributed by atoms with Crippen LogP contribution in [0.1, 0.15) is 39.8 Å². The van der Waals surface area contributed by atoms with E-state index in [1.165, 1.54) is 5.69 Å². The Kier molecular flexibility index (Phi) is 5.65. The van der Waals surface area contributed by atoms with E-state index in [1.54, 1.807) is 0 Å². The molecule has 1 aromatic rings. The van der Waals surface area contributed by atoms with Gasteiger partial charge in [-0.2, -0.15) is 5.10 Å².